The van der Waals surface area contributed by atoms with Gasteiger partial charge in [-0.15, -0.1) is 24.0 Å². The number of carbonyl (C=O) groups excluding carboxylic acids is 1. The first kappa shape index (κ1) is 22.0. The highest BCUT2D eigenvalue weighted by Gasteiger charge is 2.32. The van der Waals surface area contributed by atoms with Crippen LogP contribution in [0.3, 0.4) is 0 Å². The number of nitrogens with one attached hydrogen (secondary N) is 2. The first-order valence-corrected chi connectivity index (χ1v) is 10.4. The minimum Gasteiger partial charge on any atom is -0.454 e. The normalized spacial score (nSPS) is 21.2. The van der Waals surface area contributed by atoms with Gasteiger partial charge in [0.1, 0.15) is 0 Å². The predicted molar refractivity (Wildman–Crippen MR) is 123 cm³/mol. The van der Waals surface area contributed by atoms with E-state index in [9.17, 15) is 4.79 Å². The van der Waals surface area contributed by atoms with E-state index < -0.39 is 0 Å². The Kier molecular flexibility index (Phi) is 7.85. The van der Waals surface area contributed by atoms with Gasteiger partial charge in [-0.1, -0.05) is 18.9 Å². The predicted octanol–water partition coefficient (Wildman–Crippen LogP) is 2.53. The van der Waals surface area contributed by atoms with Crippen molar-refractivity contribution in [1.82, 2.24) is 15.5 Å². The van der Waals surface area contributed by atoms with Crippen molar-refractivity contribution in [1.29, 1.82) is 0 Å². The molecule has 1 atom stereocenters. The smallest absolute Gasteiger partial charge is 0.231 e. The lowest BCUT2D eigenvalue weighted by molar-refractivity contribution is -0.134. The maximum Gasteiger partial charge on any atom is 0.231 e. The number of carbonyl (C=O) groups is 1. The number of aliphatic imine (C=N–C) groups is 1. The van der Waals surface area contributed by atoms with E-state index in [1.165, 1.54) is 18.4 Å². The van der Waals surface area contributed by atoms with Gasteiger partial charge >= 0.3 is 0 Å². The fourth-order valence-electron chi connectivity index (χ4n) is 4.32. The van der Waals surface area contributed by atoms with Gasteiger partial charge in [-0.3, -0.25) is 9.79 Å². The Morgan fingerprint density at radius 2 is 2.00 bits per heavy atom. The van der Waals surface area contributed by atoms with Crippen molar-refractivity contribution in [2.24, 2.45) is 10.9 Å². The zero-order valence-electron chi connectivity index (χ0n) is 17.0. The van der Waals surface area contributed by atoms with Crippen molar-refractivity contribution in [2.75, 3.05) is 33.5 Å². The van der Waals surface area contributed by atoms with Crippen LogP contribution in [0.15, 0.2) is 23.2 Å². The van der Waals surface area contributed by atoms with Gasteiger partial charge in [0.2, 0.25) is 12.7 Å². The number of hydrogen-bond acceptors (Lipinski definition) is 4. The van der Waals surface area contributed by atoms with Crippen molar-refractivity contribution in [3.05, 3.63) is 23.8 Å². The summed E-state index contributed by atoms with van der Waals surface area (Å²) in [6, 6.07) is 6.32. The lowest BCUT2D eigenvalue weighted by Gasteiger charge is -2.21. The number of guanidine groups is 1. The van der Waals surface area contributed by atoms with E-state index >= 15 is 0 Å². The number of fused-ring (bicyclic) bond motifs is 1. The van der Waals surface area contributed by atoms with Crippen LogP contribution in [0.2, 0.25) is 0 Å². The summed E-state index contributed by atoms with van der Waals surface area (Å²) >= 11 is 0. The third-order valence-electron chi connectivity index (χ3n) is 5.91. The summed E-state index contributed by atoms with van der Waals surface area (Å²) in [6.45, 7) is 2.70. The molecule has 1 aromatic rings. The summed E-state index contributed by atoms with van der Waals surface area (Å²) in [6.07, 6.45) is 6.38. The largest absolute Gasteiger partial charge is 0.454 e. The number of amides is 1. The molecule has 0 aromatic heterocycles. The quantitative estimate of drug-likeness (QED) is 0.359. The molecule has 2 aliphatic heterocycles. The van der Waals surface area contributed by atoms with Crippen LogP contribution < -0.4 is 20.1 Å². The molecule has 1 amide bonds. The number of hydrogen-bond donors (Lipinski definition) is 2. The van der Waals surface area contributed by atoms with Crippen LogP contribution in [-0.4, -0.2) is 56.3 Å². The molecule has 1 aliphatic carbocycles. The Labute approximate surface area is 189 Å². The lowest BCUT2D eigenvalue weighted by atomic mass is 10.1. The topological polar surface area (TPSA) is 75.2 Å². The minimum atomic E-state index is 0. The molecular formula is C21H31IN4O3. The van der Waals surface area contributed by atoms with Crippen LogP contribution in [0.5, 0.6) is 11.5 Å². The molecule has 4 rings (SSSR count). The summed E-state index contributed by atoms with van der Waals surface area (Å²) in [5.41, 5.74) is 1.20. The minimum absolute atomic E-state index is 0. The van der Waals surface area contributed by atoms with E-state index in [2.05, 4.69) is 21.7 Å². The van der Waals surface area contributed by atoms with Crippen LogP contribution in [0.1, 0.15) is 37.7 Å². The van der Waals surface area contributed by atoms with Crippen LogP contribution in [-0.2, 0) is 11.2 Å². The van der Waals surface area contributed by atoms with E-state index in [1.54, 1.807) is 7.05 Å². The molecule has 7 nitrogen and oxygen atoms in total. The number of rotatable bonds is 5. The van der Waals surface area contributed by atoms with Gasteiger partial charge in [0.25, 0.3) is 0 Å². The summed E-state index contributed by atoms with van der Waals surface area (Å²) in [5, 5.41) is 6.84. The number of likely N-dealkylation sites (tertiary alicyclic amines) is 1. The lowest BCUT2D eigenvalue weighted by Crippen LogP contribution is -2.45. The van der Waals surface area contributed by atoms with Gasteiger partial charge in [0.05, 0.1) is 0 Å². The zero-order valence-corrected chi connectivity index (χ0v) is 19.3. The molecule has 1 saturated heterocycles. The third-order valence-corrected chi connectivity index (χ3v) is 5.91. The van der Waals surface area contributed by atoms with Crippen LogP contribution in [0.25, 0.3) is 0 Å². The van der Waals surface area contributed by atoms with E-state index in [0.29, 0.717) is 12.7 Å². The molecule has 0 bridgehead atoms. The highest BCUT2D eigenvalue weighted by molar-refractivity contribution is 14.0. The van der Waals surface area contributed by atoms with Crippen molar-refractivity contribution in [3.63, 3.8) is 0 Å². The Morgan fingerprint density at radius 3 is 2.79 bits per heavy atom. The van der Waals surface area contributed by atoms with Crippen molar-refractivity contribution >= 4 is 35.8 Å². The highest BCUT2D eigenvalue weighted by atomic mass is 127. The zero-order chi connectivity index (χ0) is 19.3. The van der Waals surface area contributed by atoms with Crippen molar-refractivity contribution < 1.29 is 14.3 Å². The number of benzene rings is 1. The summed E-state index contributed by atoms with van der Waals surface area (Å²) in [7, 11) is 1.78. The first-order chi connectivity index (χ1) is 13.7. The molecular weight excluding hydrogens is 483 g/mol. The Bertz CT molecular complexity index is 737. The van der Waals surface area contributed by atoms with Crippen LogP contribution >= 0.6 is 24.0 Å². The van der Waals surface area contributed by atoms with Gasteiger partial charge in [0.15, 0.2) is 17.5 Å². The molecule has 0 spiro atoms. The molecule has 1 saturated carbocycles. The second-order valence-corrected chi connectivity index (χ2v) is 7.83. The van der Waals surface area contributed by atoms with Gasteiger partial charge in [-0.05, 0) is 43.4 Å². The third kappa shape index (κ3) is 5.46. The molecule has 1 unspecified atom stereocenters. The number of nitrogens with zero attached hydrogens (tertiary/aromatic N) is 2. The van der Waals surface area contributed by atoms with Gasteiger partial charge in [-0.25, -0.2) is 0 Å². The van der Waals surface area contributed by atoms with E-state index in [-0.39, 0.29) is 35.9 Å². The SMILES string of the molecule is CN=C(NCCc1ccc2c(c1)OCO2)NC1CCN(C(=O)C2CCCC2)C1.I. The van der Waals surface area contributed by atoms with Crippen molar-refractivity contribution in [3.8, 4) is 11.5 Å². The molecule has 8 heteroatoms. The average Bonchev–Trinajstić information content (AvgIpc) is 3.47. The molecule has 3 aliphatic rings. The summed E-state index contributed by atoms with van der Waals surface area (Å²) in [4.78, 5) is 19.0. The van der Waals surface area contributed by atoms with Crippen LogP contribution in [0, 0.1) is 5.92 Å². The highest BCUT2D eigenvalue weighted by Crippen LogP contribution is 2.32. The molecule has 2 fully saturated rings. The van der Waals surface area contributed by atoms with Crippen molar-refractivity contribution in [2.45, 2.75) is 44.6 Å². The fourth-order valence-corrected chi connectivity index (χ4v) is 4.32. The average molecular weight is 514 g/mol. The molecule has 1 aromatic carbocycles. The van der Waals surface area contributed by atoms with Gasteiger partial charge in [-0.2, -0.15) is 0 Å². The summed E-state index contributed by atoms with van der Waals surface area (Å²) < 4.78 is 10.8. The molecule has 2 N–H and O–H groups in total. The Hall–Kier alpha value is -1.71. The van der Waals surface area contributed by atoms with Gasteiger partial charge in [0, 0.05) is 38.6 Å². The van der Waals surface area contributed by atoms with Gasteiger partial charge < -0.3 is 25.0 Å². The van der Waals surface area contributed by atoms with E-state index in [4.69, 9.17) is 9.47 Å². The maximum atomic E-state index is 12.6. The molecule has 0 radical (unpaired) electrons. The van der Waals surface area contributed by atoms with E-state index in [1.807, 2.05) is 17.0 Å². The number of ether oxygens (including phenoxy) is 2. The standard InChI is InChI=1S/C21H30N4O3.HI/c1-22-21(23-10-8-15-6-7-18-19(12-15)28-14-27-18)24-17-9-11-25(13-17)20(26)16-4-2-3-5-16;/h6-7,12,16-17H,2-5,8-11,13-14H2,1H3,(H2,22,23,24);1H. The fraction of sp³-hybridized carbons (Fsp3) is 0.619. The second-order valence-electron chi connectivity index (χ2n) is 7.83. The monoisotopic (exact) mass is 514 g/mol. The second kappa shape index (κ2) is 10.4. The Morgan fingerprint density at radius 1 is 1.21 bits per heavy atom. The molecule has 29 heavy (non-hydrogen) atoms. The number of halogens is 1. The molecule has 2 heterocycles. The van der Waals surface area contributed by atoms with Crippen LogP contribution in [0.4, 0.5) is 0 Å². The summed E-state index contributed by atoms with van der Waals surface area (Å²) in [5.74, 6) is 3.04. The van der Waals surface area contributed by atoms with E-state index in [0.717, 1.165) is 62.8 Å². The first-order valence-electron chi connectivity index (χ1n) is 10.4. The Balaban J connectivity index is 0.00000240. The maximum absolute atomic E-state index is 12.6. The molecule has 160 valence electrons.